The van der Waals surface area contributed by atoms with Crippen molar-refractivity contribution in [3.05, 3.63) is 11.8 Å². The molecule has 2 rings (SSSR count). The summed E-state index contributed by atoms with van der Waals surface area (Å²) in [5.74, 6) is -0.650. The highest BCUT2D eigenvalue weighted by molar-refractivity contribution is 7.99. The standard InChI is InChI=1S/C14H22N2O2S/c1-2-6-11-9-13(19-10-14(17)18)16(15-11)12-7-4-3-5-8-12/h9,12H,2-8,10H2,1H3,(H,17,18). The molecule has 0 atom stereocenters. The molecule has 0 unspecified atom stereocenters. The molecule has 0 amide bonds. The first kappa shape index (κ1) is 14.4. The predicted octanol–water partition coefficient (Wildman–Crippen LogP) is 3.52. The number of nitrogens with zero attached hydrogens (tertiary/aromatic N) is 2. The van der Waals surface area contributed by atoms with Crippen LogP contribution in [0.15, 0.2) is 11.1 Å². The van der Waals surface area contributed by atoms with Gasteiger partial charge in [0.25, 0.3) is 0 Å². The average Bonchev–Trinajstić information content (AvgIpc) is 2.81. The largest absolute Gasteiger partial charge is 0.481 e. The molecule has 0 spiro atoms. The van der Waals surface area contributed by atoms with Crippen molar-refractivity contribution in [2.75, 3.05) is 5.75 Å². The third-order valence-electron chi connectivity index (χ3n) is 3.52. The van der Waals surface area contributed by atoms with Crippen LogP contribution in [0.25, 0.3) is 0 Å². The molecule has 0 radical (unpaired) electrons. The van der Waals surface area contributed by atoms with Gasteiger partial charge in [0.05, 0.1) is 22.5 Å². The van der Waals surface area contributed by atoms with E-state index in [4.69, 9.17) is 10.2 Å². The minimum Gasteiger partial charge on any atom is -0.481 e. The van der Waals surface area contributed by atoms with Gasteiger partial charge in [-0.2, -0.15) is 5.10 Å². The minimum absolute atomic E-state index is 0.115. The number of hydrogen-bond donors (Lipinski definition) is 1. The Morgan fingerprint density at radius 2 is 2.21 bits per heavy atom. The molecule has 1 saturated carbocycles. The predicted molar refractivity (Wildman–Crippen MR) is 76.7 cm³/mol. The summed E-state index contributed by atoms with van der Waals surface area (Å²) in [4.78, 5) is 10.7. The highest BCUT2D eigenvalue weighted by Gasteiger charge is 2.20. The summed E-state index contributed by atoms with van der Waals surface area (Å²) in [6.07, 6.45) is 8.23. The third kappa shape index (κ3) is 4.00. The smallest absolute Gasteiger partial charge is 0.313 e. The van der Waals surface area contributed by atoms with Gasteiger partial charge in [0.1, 0.15) is 0 Å². The van der Waals surface area contributed by atoms with Gasteiger partial charge >= 0.3 is 5.97 Å². The Morgan fingerprint density at radius 1 is 1.47 bits per heavy atom. The first-order chi connectivity index (χ1) is 9.20. The zero-order valence-electron chi connectivity index (χ0n) is 11.5. The van der Waals surface area contributed by atoms with Crippen LogP contribution >= 0.6 is 11.8 Å². The minimum atomic E-state index is -0.765. The molecule has 0 aromatic carbocycles. The van der Waals surface area contributed by atoms with Crippen molar-refractivity contribution in [2.45, 2.75) is 62.9 Å². The number of hydrogen-bond acceptors (Lipinski definition) is 3. The summed E-state index contributed by atoms with van der Waals surface area (Å²) in [5.41, 5.74) is 1.10. The van der Waals surface area contributed by atoms with Crippen LogP contribution in [-0.2, 0) is 11.2 Å². The summed E-state index contributed by atoms with van der Waals surface area (Å²) < 4.78 is 2.09. The zero-order valence-corrected chi connectivity index (χ0v) is 12.3. The van der Waals surface area contributed by atoms with E-state index in [-0.39, 0.29) is 5.75 Å². The molecule has 4 nitrogen and oxygen atoms in total. The molecule has 1 heterocycles. The van der Waals surface area contributed by atoms with Crippen LogP contribution in [0.1, 0.15) is 57.2 Å². The highest BCUT2D eigenvalue weighted by atomic mass is 32.2. The Morgan fingerprint density at radius 3 is 2.84 bits per heavy atom. The number of carboxylic acids is 1. The first-order valence-corrected chi connectivity index (χ1v) is 8.12. The summed E-state index contributed by atoms with van der Waals surface area (Å²) in [6, 6.07) is 2.54. The van der Waals surface area contributed by atoms with Crippen LogP contribution in [0.2, 0.25) is 0 Å². The molecule has 0 bridgehead atoms. The van der Waals surface area contributed by atoms with E-state index in [1.807, 2.05) is 0 Å². The second kappa shape index (κ2) is 6.98. The highest BCUT2D eigenvalue weighted by Crippen LogP contribution is 2.32. The molecule has 1 N–H and O–H groups in total. The van der Waals surface area contributed by atoms with Gasteiger partial charge in [0.15, 0.2) is 0 Å². The van der Waals surface area contributed by atoms with Crippen LogP contribution in [0.5, 0.6) is 0 Å². The zero-order chi connectivity index (χ0) is 13.7. The van der Waals surface area contributed by atoms with Gasteiger partial charge in [0, 0.05) is 0 Å². The summed E-state index contributed by atoms with van der Waals surface area (Å²) >= 11 is 1.40. The fourth-order valence-corrected chi connectivity index (χ4v) is 3.45. The van der Waals surface area contributed by atoms with E-state index in [0.29, 0.717) is 6.04 Å². The Hall–Kier alpha value is -0.970. The van der Waals surface area contributed by atoms with Gasteiger partial charge < -0.3 is 5.11 Å². The number of carboxylic acid groups (broad SMARTS) is 1. The van der Waals surface area contributed by atoms with Crippen molar-refractivity contribution in [3.8, 4) is 0 Å². The van der Waals surface area contributed by atoms with Gasteiger partial charge in [-0.15, -0.1) is 0 Å². The number of carbonyl (C=O) groups is 1. The van der Waals surface area contributed by atoms with Crippen LogP contribution < -0.4 is 0 Å². The second-order valence-corrected chi connectivity index (χ2v) is 6.14. The lowest BCUT2D eigenvalue weighted by atomic mass is 9.96. The lowest BCUT2D eigenvalue weighted by molar-refractivity contribution is -0.133. The number of aromatic nitrogens is 2. The lowest BCUT2D eigenvalue weighted by Crippen LogP contribution is -2.15. The van der Waals surface area contributed by atoms with Crippen molar-refractivity contribution in [1.29, 1.82) is 0 Å². The van der Waals surface area contributed by atoms with Crippen molar-refractivity contribution in [3.63, 3.8) is 0 Å². The maximum absolute atomic E-state index is 10.7. The first-order valence-electron chi connectivity index (χ1n) is 7.13. The molecule has 1 aromatic heterocycles. The van der Waals surface area contributed by atoms with Crippen molar-refractivity contribution >= 4 is 17.7 Å². The normalized spacial score (nSPS) is 16.7. The topological polar surface area (TPSA) is 55.1 Å². The maximum Gasteiger partial charge on any atom is 0.313 e. The Kier molecular flexibility index (Phi) is 5.31. The van der Waals surface area contributed by atoms with E-state index in [1.165, 1.54) is 43.9 Å². The molecule has 0 saturated heterocycles. The van der Waals surface area contributed by atoms with Crippen molar-refractivity contribution in [2.24, 2.45) is 0 Å². The summed E-state index contributed by atoms with van der Waals surface area (Å²) in [7, 11) is 0. The number of aryl methyl sites for hydroxylation is 1. The van der Waals surface area contributed by atoms with Gasteiger partial charge in [-0.05, 0) is 25.3 Å². The van der Waals surface area contributed by atoms with E-state index in [9.17, 15) is 4.79 Å². The molecule has 106 valence electrons. The molecular formula is C14H22N2O2S. The SMILES string of the molecule is CCCc1cc(SCC(=O)O)n(C2CCCCC2)n1. The molecular weight excluding hydrogens is 260 g/mol. The van der Waals surface area contributed by atoms with E-state index >= 15 is 0 Å². The molecule has 19 heavy (non-hydrogen) atoms. The van der Waals surface area contributed by atoms with Gasteiger partial charge in [-0.1, -0.05) is 44.4 Å². The second-order valence-electron chi connectivity index (χ2n) is 5.14. The van der Waals surface area contributed by atoms with E-state index in [2.05, 4.69) is 17.7 Å². The number of thioether (sulfide) groups is 1. The fourth-order valence-electron chi connectivity index (χ4n) is 2.63. The number of aliphatic carboxylic acids is 1. The summed E-state index contributed by atoms with van der Waals surface area (Å²) in [6.45, 7) is 2.14. The molecule has 5 heteroatoms. The van der Waals surface area contributed by atoms with Gasteiger partial charge in [-0.3, -0.25) is 9.48 Å². The molecule has 1 aromatic rings. The molecule has 1 aliphatic rings. The average molecular weight is 282 g/mol. The molecule has 1 fully saturated rings. The third-order valence-corrected chi connectivity index (χ3v) is 4.51. The maximum atomic E-state index is 10.7. The quantitative estimate of drug-likeness (QED) is 0.811. The number of rotatable bonds is 6. The van der Waals surface area contributed by atoms with Crippen LogP contribution in [0, 0.1) is 0 Å². The van der Waals surface area contributed by atoms with Crippen molar-refractivity contribution in [1.82, 2.24) is 9.78 Å². The monoisotopic (exact) mass is 282 g/mol. The van der Waals surface area contributed by atoms with E-state index < -0.39 is 5.97 Å². The van der Waals surface area contributed by atoms with Gasteiger partial charge in [0.2, 0.25) is 0 Å². The fraction of sp³-hybridized carbons (Fsp3) is 0.714. The molecule has 1 aliphatic carbocycles. The van der Waals surface area contributed by atoms with Crippen molar-refractivity contribution < 1.29 is 9.90 Å². The summed E-state index contributed by atoms with van der Waals surface area (Å²) in [5, 5.41) is 14.6. The molecule has 0 aliphatic heterocycles. The van der Waals surface area contributed by atoms with Crippen LogP contribution in [-0.4, -0.2) is 26.6 Å². The Labute approximate surface area is 118 Å². The Balaban J connectivity index is 2.14. The van der Waals surface area contributed by atoms with Crippen LogP contribution in [0.4, 0.5) is 0 Å². The Bertz CT molecular complexity index is 425. The van der Waals surface area contributed by atoms with E-state index in [1.54, 1.807) is 0 Å². The lowest BCUT2D eigenvalue weighted by Gasteiger charge is -2.23. The van der Waals surface area contributed by atoms with E-state index in [0.717, 1.165) is 23.6 Å². The van der Waals surface area contributed by atoms with Gasteiger partial charge in [-0.25, -0.2) is 0 Å². The van der Waals surface area contributed by atoms with Crippen LogP contribution in [0.3, 0.4) is 0 Å².